The third-order valence-electron chi connectivity index (χ3n) is 5.68. The van der Waals surface area contributed by atoms with Crippen LogP contribution in [0.1, 0.15) is 26.2 Å². The van der Waals surface area contributed by atoms with Crippen LogP contribution in [0.5, 0.6) is 0 Å². The molecule has 2 aromatic rings. The van der Waals surface area contributed by atoms with Crippen molar-refractivity contribution in [1.29, 1.82) is 0 Å². The summed E-state index contributed by atoms with van der Waals surface area (Å²) in [7, 11) is 0. The van der Waals surface area contributed by atoms with Gasteiger partial charge in [0.05, 0.1) is 10.8 Å². The number of nitro groups is 1. The quantitative estimate of drug-likeness (QED) is 0.377. The molecule has 2 N–H and O–H groups in total. The van der Waals surface area contributed by atoms with Crippen LogP contribution < -0.4 is 10.6 Å². The number of carbonyl (C=O) groups is 2. The molecule has 1 aromatic carbocycles. The van der Waals surface area contributed by atoms with Gasteiger partial charge in [-0.15, -0.1) is 10.2 Å². The van der Waals surface area contributed by atoms with Crippen molar-refractivity contribution in [3.8, 4) is 11.4 Å². The van der Waals surface area contributed by atoms with Crippen LogP contribution in [0.3, 0.4) is 0 Å². The molecule has 2 heterocycles. The molecule has 12 nitrogen and oxygen atoms in total. The average Bonchev–Trinajstić information content (AvgIpc) is 3.35. The van der Waals surface area contributed by atoms with Crippen molar-refractivity contribution >= 4 is 17.5 Å². The van der Waals surface area contributed by atoms with Crippen LogP contribution in [0.25, 0.3) is 11.4 Å². The largest absolute Gasteiger partial charge is 0.368 e. The molecule has 1 aliphatic heterocycles. The minimum Gasteiger partial charge on any atom is -0.368 e. The van der Waals surface area contributed by atoms with E-state index in [2.05, 4.69) is 31.0 Å². The summed E-state index contributed by atoms with van der Waals surface area (Å²) >= 11 is 0. The highest BCUT2D eigenvalue weighted by Crippen LogP contribution is 2.28. The Kier molecular flexibility index (Phi) is 7.13. The number of rotatable bonds is 10. The Balaban J connectivity index is 1.24. The molecule has 0 fully saturated rings. The Labute approximate surface area is 206 Å². The Morgan fingerprint density at radius 1 is 1.17 bits per heavy atom. The van der Waals surface area contributed by atoms with Gasteiger partial charge >= 0.3 is 0 Å². The van der Waals surface area contributed by atoms with Crippen molar-refractivity contribution < 1.29 is 19.0 Å². The molecule has 12 heteroatoms. The SMILES string of the molecule is CC(C)(CNC(=O)CCc1nc(-c2ccc([N+](=O)[O-])cc2)no1)CNC1=C2C=CC=CC2C(=O)N=N1. The molecule has 0 spiro atoms. The van der Waals surface area contributed by atoms with Gasteiger partial charge in [-0.25, -0.2) is 0 Å². The monoisotopic (exact) mass is 491 g/mol. The molecular formula is C24H25N7O5. The maximum Gasteiger partial charge on any atom is 0.276 e. The molecule has 0 saturated carbocycles. The number of aryl methyl sites for hydroxylation is 1. The van der Waals surface area contributed by atoms with Gasteiger partial charge in [0.25, 0.3) is 11.6 Å². The zero-order valence-corrected chi connectivity index (χ0v) is 19.8. The van der Waals surface area contributed by atoms with Crippen LogP contribution >= 0.6 is 0 Å². The molecule has 4 rings (SSSR count). The number of fused-ring (bicyclic) bond motifs is 1. The molecule has 0 bridgehead atoms. The third kappa shape index (κ3) is 5.95. The lowest BCUT2D eigenvalue weighted by Crippen LogP contribution is -2.40. The zero-order chi connectivity index (χ0) is 25.7. The molecule has 1 aromatic heterocycles. The highest BCUT2D eigenvalue weighted by atomic mass is 16.6. The second kappa shape index (κ2) is 10.4. The standard InChI is InChI=1S/C24H25N7O5/c1-24(2,14-26-22-17-5-3-4-6-18(17)23(33)29-28-22)13-25-19(32)11-12-20-27-21(30-36-20)15-7-9-16(10-8-15)31(34)35/h3-10,18,26H,11-14H2,1-2H3,(H,25,32). The van der Waals surface area contributed by atoms with Gasteiger partial charge in [-0.2, -0.15) is 4.98 Å². The molecule has 186 valence electrons. The van der Waals surface area contributed by atoms with Gasteiger partial charge in [-0.05, 0) is 17.5 Å². The molecule has 1 aliphatic carbocycles. The number of benzene rings is 1. The average molecular weight is 492 g/mol. The minimum atomic E-state index is -0.483. The molecule has 0 radical (unpaired) electrons. The lowest BCUT2D eigenvalue weighted by atomic mass is 9.91. The summed E-state index contributed by atoms with van der Waals surface area (Å²) in [6.07, 6.45) is 7.73. The van der Waals surface area contributed by atoms with E-state index in [0.717, 1.165) is 5.57 Å². The van der Waals surface area contributed by atoms with Crippen LogP contribution in [0.2, 0.25) is 0 Å². The first-order valence-corrected chi connectivity index (χ1v) is 11.3. The number of azo groups is 1. The topological polar surface area (TPSA) is 165 Å². The smallest absolute Gasteiger partial charge is 0.276 e. The molecule has 2 amide bonds. The van der Waals surface area contributed by atoms with Crippen molar-refractivity contribution in [2.24, 2.45) is 21.6 Å². The summed E-state index contributed by atoms with van der Waals surface area (Å²) in [4.78, 5) is 38.9. The third-order valence-corrected chi connectivity index (χ3v) is 5.68. The molecule has 2 aliphatic rings. The number of hydrogen-bond donors (Lipinski definition) is 2. The zero-order valence-electron chi connectivity index (χ0n) is 19.8. The van der Waals surface area contributed by atoms with E-state index in [1.54, 1.807) is 18.2 Å². The normalized spacial score (nSPS) is 16.7. The molecule has 1 atom stereocenters. The first-order chi connectivity index (χ1) is 17.2. The first-order valence-electron chi connectivity index (χ1n) is 11.3. The van der Waals surface area contributed by atoms with Crippen molar-refractivity contribution in [1.82, 2.24) is 20.8 Å². The van der Waals surface area contributed by atoms with Crippen LogP contribution in [-0.4, -0.2) is 40.0 Å². The fourth-order valence-electron chi connectivity index (χ4n) is 3.58. The van der Waals surface area contributed by atoms with E-state index in [0.29, 0.717) is 36.2 Å². The highest BCUT2D eigenvalue weighted by Gasteiger charge is 2.28. The fraction of sp³-hybridized carbons (Fsp3) is 0.333. The van der Waals surface area contributed by atoms with Crippen LogP contribution in [0.15, 0.2) is 74.7 Å². The number of aromatic nitrogens is 2. The van der Waals surface area contributed by atoms with E-state index >= 15 is 0 Å². The van der Waals surface area contributed by atoms with Crippen molar-refractivity contribution in [2.75, 3.05) is 13.1 Å². The summed E-state index contributed by atoms with van der Waals surface area (Å²) in [6, 6.07) is 5.82. The van der Waals surface area contributed by atoms with Crippen LogP contribution in [-0.2, 0) is 16.0 Å². The second-order valence-corrected chi connectivity index (χ2v) is 9.17. The number of hydrogen-bond acceptors (Lipinski definition) is 9. The Morgan fingerprint density at radius 2 is 1.94 bits per heavy atom. The number of carbonyl (C=O) groups excluding carboxylic acids is 2. The van der Waals surface area contributed by atoms with Gasteiger partial charge in [0, 0.05) is 49.2 Å². The van der Waals surface area contributed by atoms with Crippen LogP contribution in [0, 0.1) is 21.4 Å². The van der Waals surface area contributed by atoms with Gasteiger partial charge < -0.3 is 15.2 Å². The minimum absolute atomic E-state index is 0.0278. The molecule has 1 unspecified atom stereocenters. The van der Waals surface area contributed by atoms with Crippen molar-refractivity contribution in [3.63, 3.8) is 0 Å². The maximum absolute atomic E-state index is 12.4. The lowest BCUT2D eigenvalue weighted by Gasteiger charge is -2.27. The van der Waals surface area contributed by atoms with Gasteiger partial charge in [0.2, 0.25) is 17.6 Å². The maximum atomic E-state index is 12.4. The molecule has 0 saturated heterocycles. The van der Waals surface area contributed by atoms with E-state index < -0.39 is 10.8 Å². The first kappa shape index (κ1) is 24.6. The van der Waals surface area contributed by atoms with Crippen molar-refractivity contribution in [3.05, 3.63) is 76.0 Å². The highest BCUT2D eigenvalue weighted by molar-refractivity contribution is 5.86. The number of amides is 2. The predicted octanol–water partition coefficient (Wildman–Crippen LogP) is 3.26. The van der Waals surface area contributed by atoms with Crippen LogP contribution in [0.4, 0.5) is 5.69 Å². The molecule has 36 heavy (non-hydrogen) atoms. The summed E-state index contributed by atoms with van der Waals surface area (Å²) < 4.78 is 5.21. The lowest BCUT2D eigenvalue weighted by molar-refractivity contribution is -0.384. The number of nitrogens with zero attached hydrogens (tertiary/aromatic N) is 5. The predicted molar refractivity (Wildman–Crippen MR) is 128 cm³/mol. The number of nitro benzene ring substituents is 1. The molecular weight excluding hydrogens is 466 g/mol. The van der Waals surface area contributed by atoms with Gasteiger partial charge in [-0.1, -0.05) is 43.3 Å². The fourth-order valence-corrected chi connectivity index (χ4v) is 3.58. The second-order valence-electron chi connectivity index (χ2n) is 9.17. The van der Waals surface area contributed by atoms with Gasteiger partial charge in [-0.3, -0.25) is 19.7 Å². The van der Waals surface area contributed by atoms with Crippen molar-refractivity contribution in [2.45, 2.75) is 26.7 Å². The van der Waals surface area contributed by atoms with E-state index in [1.165, 1.54) is 12.1 Å². The Hall–Kier alpha value is -4.48. The summed E-state index contributed by atoms with van der Waals surface area (Å²) in [5.74, 6) is 0.291. The summed E-state index contributed by atoms with van der Waals surface area (Å²) in [5.41, 5.74) is 1.03. The Morgan fingerprint density at radius 3 is 2.69 bits per heavy atom. The van der Waals surface area contributed by atoms with Gasteiger partial charge in [0.1, 0.15) is 0 Å². The van der Waals surface area contributed by atoms with E-state index in [4.69, 9.17) is 4.52 Å². The number of non-ortho nitro benzene ring substituents is 1. The summed E-state index contributed by atoms with van der Waals surface area (Å²) in [6.45, 7) is 4.92. The van der Waals surface area contributed by atoms with Gasteiger partial charge in [0.15, 0.2) is 5.82 Å². The number of nitrogens with one attached hydrogen (secondary N) is 2. The van der Waals surface area contributed by atoms with E-state index in [9.17, 15) is 19.7 Å². The number of allylic oxidation sites excluding steroid dienone is 3. The summed E-state index contributed by atoms with van der Waals surface area (Å²) in [5, 5.41) is 28.6. The van der Waals surface area contributed by atoms with E-state index in [1.807, 2.05) is 32.1 Å². The van der Waals surface area contributed by atoms with E-state index in [-0.39, 0.29) is 35.8 Å². The Bertz CT molecular complexity index is 1290.